The van der Waals surface area contributed by atoms with Crippen LogP contribution in [0.5, 0.6) is 0 Å². The highest BCUT2D eigenvalue weighted by Gasteiger charge is 2.22. The summed E-state index contributed by atoms with van der Waals surface area (Å²) in [6.07, 6.45) is -1.06. The van der Waals surface area contributed by atoms with Crippen LogP contribution in [0.25, 0.3) is 0 Å². The Hall–Kier alpha value is -1.84. The number of carboxylic acids is 1. The van der Waals surface area contributed by atoms with Gasteiger partial charge in [0.2, 0.25) is 0 Å². The van der Waals surface area contributed by atoms with Crippen molar-refractivity contribution in [2.75, 3.05) is 0 Å². The molecule has 19 heavy (non-hydrogen) atoms. The van der Waals surface area contributed by atoms with Crippen LogP contribution in [-0.4, -0.2) is 11.1 Å². The molecular weight excluding hydrogens is 264 g/mol. The average Bonchev–Trinajstić information content (AvgIpc) is 2.42. The van der Waals surface area contributed by atoms with Crippen molar-refractivity contribution >= 4 is 17.6 Å². The van der Waals surface area contributed by atoms with Crippen LogP contribution in [0, 0.1) is 0 Å². The molecular formula is C15H13ClO3. The van der Waals surface area contributed by atoms with E-state index in [9.17, 15) is 9.90 Å². The molecule has 0 amide bonds. The minimum absolute atomic E-state index is 0.225. The van der Waals surface area contributed by atoms with Crippen LogP contribution in [-0.2, 0) is 16.1 Å². The number of halogens is 1. The summed E-state index contributed by atoms with van der Waals surface area (Å²) in [5, 5.41) is 9.64. The lowest BCUT2D eigenvalue weighted by molar-refractivity contribution is -0.151. The van der Waals surface area contributed by atoms with Crippen molar-refractivity contribution in [2.24, 2.45) is 0 Å². The molecule has 0 aromatic heterocycles. The third-order valence-corrected chi connectivity index (χ3v) is 3.02. The molecule has 1 N–H and O–H groups in total. The second-order valence-electron chi connectivity index (χ2n) is 4.04. The van der Waals surface area contributed by atoms with E-state index in [0.717, 1.165) is 5.56 Å². The molecule has 0 unspecified atom stereocenters. The fraction of sp³-hybridized carbons (Fsp3) is 0.133. The standard InChI is InChI=1S/C15H13ClO3/c16-13-9-5-4-8-12(13)14(15(17)18)19-10-11-6-2-1-3-7-11/h1-9,14H,10H2,(H,17,18)/t14-/m1/s1. The lowest BCUT2D eigenvalue weighted by atomic mass is 10.1. The SMILES string of the molecule is O=C(O)[C@H](OCc1ccccc1)c1ccccc1Cl. The lowest BCUT2D eigenvalue weighted by Crippen LogP contribution is -2.15. The quantitative estimate of drug-likeness (QED) is 0.906. The first kappa shape index (κ1) is 13.6. The number of ether oxygens (including phenoxy) is 1. The number of rotatable bonds is 5. The normalized spacial score (nSPS) is 12.1. The van der Waals surface area contributed by atoms with Crippen LogP contribution >= 0.6 is 11.6 Å². The van der Waals surface area contributed by atoms with E-state index in [1.54, 1.807) is 24.3 Å². The molecule has 1 atom stereocenters. The highest BCUT2D eigenvalue weighted by atomic mass is 35.5. The van der Waals surface area contributed by atoms with Gasteiger partial charge in [-0.3, -0.25) is 0 Å². The molecule has 3 nitrogen and oxygen atoms in total. The fourth-order valence-electron chi connectivity index (χ4n) is 1.74. The van der Waals surface area contributed by atoms with Gasteiger partial charge in [0, 0.05) is 10.6 Å². The number of hydrogen-bond donors (Lipinski definition) is 1. The Bertz CT molecular complexity index is 554. The first-order valence-electron chi connectivity index (χ1n) is 5.81. The fourth-order valence-corrected chi connectivity index (χ4v) is 1.97. The maximum Gasteiger partial charge on any atom is 0.337 e. The molecule has 4 heteroatoms. The van der Waals surface area contributed by atoms with E-state index in [1.807, 2.05) is 30.3 Å². The summed E-state index contributed by atoms with van der Waals surface area (Å²) < 4.78 is 5.47. The van der Waals surface area contributed by atoms with Crippen molar-refractivity contribution in [1.29, 1.82) is 0 Å². The Morgan fingerprint density at radius 2 is 1.74 bits per heavy atom. The van der Waals surface area contributed by atoms with E-state index < -0.39 is 12.1 Å². The van der Waals surface area contributed by atoms with E-state index in [-0.39, 0.29) is 6.61 Å². The molecule has 98 valence electrons. The third-order valence-electron chi connectivity index (χ3n) is 2.67. The summed E-state index contributed by atoms with van der Waals surface area (Å²) in [6, 6.07) is 16.2. The average molecular weight is 277 g/mol. The summed E-state index contributed by atoms with van der Waals surface area (Å²) in [7, 11) is 0. The Morgan fingerprint density at radius 3 is 2.37 bits per heavy atom. The highest BCUT2D eigenvalue weighted by Crippen LogP contribution is 2.26. The van der Waals surface area contributed by atoms with Gasteiger partial charge in [0.1, 0.15) is 0 Å². The molecule has 0 fully saturated rings. The molecule has 2 aromatic carbocycles. The Balaban J connectivity index is 2.14. The summed E-state index contributed by atoms with van der Waals surface area (Å²) in [4.78, 5) is 11.3. The Kier molecular flexibility index (Phi) is 4.55. The lowest BCUT2D eigenvalue weighted by Gasteiger charge is -2.15. The van der Waals surface area contributed by atoms with Gasteiger partial charge in [-0.2, -0.15) is 0 Å². The maximum absolute atomic E-state index is 11.3. The van der Waals surface area contributed by atoms with Crippen LogP contribution in [0.15, 0.2) is 54.6 Å². The molecule has 2 aromatic rings. The van der Waals surface area contributed by atoms with Crippen molar-refractivity contribution in [3.05, 3.63) is 70.7 Å². The molecule has 0 saturated heterocycles. The van der Waals surface area contributed by atoms with Gasteiger partial charge in [-0.1, -0.05) is 60.1 Å². The zero-order chi connectivity index (χ0) is 13.7. The van der Waals surface area contributed by atoms with E-state index in [0.29, 0.717) is 10.6 Å². The van der Waals surface area contributed by atoms with Crippen molar-refractivity contribution < 1.29 is 14.6 Å². The van der Waals surface area contributed by atoms with E-state index in [1.165, 1.54) is 0 Å². The molecule has 0 radical (unpaired) electrons. The Labute approximate surface area is 116 Å². The molecule has 0 heterocycles. The van der Waals surface area contributed by atoms with Gasteiger partial charge in [-0.15, -0.1) is 0 Å². The second kappa shape index (κ2) is 6.36. The van der Waals surface area contributed by atoms with Gasteiger partial charge in [-0.25, -0.2) is 4.79 Å². The minimum atomic E-state index is -1.06. The van der Waals surface area contributed by atoms with E-state index in [2.05, 4.69) is 0 Å². The van der Waals surface area contributed by atoms with Gasteiger partial charge in [-0.05, 0) is 11.6 Å². The van der Waals surface area contributed by atoms with Crippen molar-refractivity contribution in [2.45, 2.75) is 12.7 Å². The predicted octanol–water partition coefficient (Wildman–Crippen LogP) is 3.68. The predicted molar refractivity (Wildman–Crippen MR) is 73.1 cm³/mol. The minimum Gasteiger partial charge on any atom is -0.479 e. The second-order valence-corrected chi connectivity index (χ2v) is 4.44. The van der Waals surface area contributed by atoms with Gasteiger partial charge < -0.3 is 9.84 Å². The first-order valence-corrected chi connectivity index (χ1v) is 6.19. The van der Waals surface area contributed by atoms with Crippen LogP contribution in [0.1, 0.15) is 17.2 Å². The topological polar surface area (TPSA) is 46.5 Å². The van der Waals surface area contributed by atoms with Crippen molar-refractivity contribution in [3.63, 3.8) is 0 Å². The summed E-state index contributed by atoms with van der Waals surface area (Å²) in [5.41, 5.74) is 1.38. The first-order chi connectivity index (χ1) is 9.18. The van der Waals surface area contributed by atoms with Crippen LogP contribution in [0.4, 0.5) is 0 Å². The van der Waals surface area contributed by atoms with Crippen LogP contribution in [0.2, 0.25) is 5.02 Å². The monoisotopic (exact) mass is 276 g/mol. The molecule has 0 saturated carbocycles. The number of aliphatic carboxylic acids is 1. The Morgan fingerprint density at radius 1 is 1.11 bits per heavy atom. The van der Waals surface area contributed by atoms with Gasteiger partial charge in [0.05, 0.1) is 6.61 Å². The summed E-state index contributed by atoms with van der Waals surface area (Å²) in [5.74, 6) is -1.05. The van der Waals surface area contributed by atoms with E-state index >= 15 is 0 Å². The number of carboxylic acid groups (broad SMARTS) is 1. The molecule has 0 aliphatic carbocycles. The highest BCUT2D eigenvalue weighted by molar-refractivity contribution is 6.31. The van der Waals surface area contributed by atoms with Crippen molar-refractivity contribution in [1.82, 2.24) is 0 Å². The van der Waals surface area contributed by atoms with E-state index in [4.69, 9.17) is 16.3 Å². The van der Waals surface area contributed by atoms with Gasteiger partial charge in [0.25, 0.3) is 0 Å². The molecule has 0 aliphatic heterocycles. The van der Waals surface area contributed by atoms with Crippen molar-refractivity contribution in [3.8, 4) is 0 Å². The van der Waals surface area contributed by atoms with Gasteiger partial charge >= 0.3 is 5.97 Å². The molecule has 0 aliphatic rings. The number of benzene rings is 2. The summed E-state index contributed by atoms with van der Waals surface area (Å²) >= 11 is 6.00. The zero-order valence-electron chi connectivity index (χ0n) is 10.1. The number of hydrogen-bond acceptors (Lipinski definition) is 2. The van der Waals surface area contributed by atoms with Crippen LogP contribution in [0.3, 0.4) is 0 Å². The third kappa shape index (κ3) is 3.56. The summed E-state index contributed by atoms with van der Waals surface area (Å²) in [6.45, 7) is 0.225. The molecule has 2 rings (SSSR count). The van der Waals surface area contributed by atoms with Gasteiger partial charge in [0.15, 0.2) is 6.10 Å². The number of carbonyl (C=O) groups is 1. The molecule has 0 bridgehead atoms. The zero-order valence-corrected chi connectivity index (χ0v) is 10.9. The van der Waals surface area contributed by atoms with Crippen LogP contribution < -0.4 is 0 Å². The smallest absolute Gasteiger partial charge is 0.337 e. The largest absolute Gasteiger partial charge is 0.479 e. The molecule has 0 spiro atoms. The maximum atomic E-state index is 11.3.